The summed E-state index contributed by atoms with van der Waals surface area (Å²) in [5, 5.41) is 8.72. The number of cyclic esters (lactones) is 1. The Morgan fingerprint density at radius 2 is 2.03 bits per heavy atom. The fourth-order valence-electron chi connectivity index (χ4n) is 3.36. The molecule has 2 aliphatic rings. The largest absolute Gasteiger partial charge is 0.479 e. The number of benzene rings is 1. The Morgan fingerprint density at radius 3 is 2.74 bits per heavy atom. The molecule has 0 radical (unpaired) electrons. The lowest BCUT2D eigenvalue weighted by Gasteiger charge is -2.30. The number of carbonyl (C=O) groups is 3. The molecule has 1 aromatic carbocycles. The summed E-state index contributed by atoms with van der Waals surface area (Å²) < 4.78 is 21.3. The van der Waals surface area contributed by atoms with Crippen molar-refractivity contribution < 1.29 is 38.4 Å². The maximum atomic E-state index is 13.2. The summed E-state index contributed by atoms with van der Waals surface area (Å²) in [4.78, 5) is 39.0. The maximum absolute atomic E-state index is 13.2. The SMILES string of the molecule is CO[C@H](C(=O)N1C(=O)OC[C@@H]1c1ccccc1)[C@H]1OC(=CCCOCCO)C=CC1=O. The average Bonchev–Trinajstić information content (AvgIpc) is 3.18. The van der Waals surface area contributed by atoms with Crippen molar-refractivity contribution >= 4 is 17.8 Å². The Morgan fingerprint density at radius 1 is 1.26 bits per heavy atom. The van der Waals surface area contributed by atoms with E-state index in [1.54, 1.807) is 30.3 Å². The van der Waals surface area contributed by atoms with E-state index in [0.717, 1.165) is 10.5 Å². The Labute approximate surface area is 179 Å². The van der Waals surface area contributed by atoms with Gasteiger partial charge in [0.25, 0.3) is 5.91 Å². The minimum absolute atomic E-state index is 0.0172. The molecule has 0 bridgehead atoms. The van der Waals surface area contributed by atoms with Gasteiger partial charge >= 0.3 is 6.09 Å². The van der Waals surface area contributed by atoms with E-state index in [4.69, 9.17) is 24.1 Å². The molecule has 9 heteroatoms. The van der Waals surface area contributed by atoms with Gasteiger partial charge in [0.2, 0.25) is 0 Å². The van der Waals surface area contributed by atoms with Crippen LogP contribution in [0.25, 0.3) is 0 Å². The van der Waals surface area contributed by atoms with Gasteiger partial charge in [0.05, 0.1) is 19.8 Å². The number of amides is 2. The zero-order chi connectivity index (χ0) is 22.2. The van der Waals surface area contributed by atoms with Gasteiger partial charge in [-0.05, 0) is 30.2 Å². The molecular formula is C22H25NO8. The molecule has 2 aliphatic heterocycles. The molecular weight excluding hydrogens is 406 g/mol. The highest BCUT2D eigenvalue weighted by Crippen LogP contribution is 2.30. The third-order valence-electron chi connectivity index (χ3n) is 4.87. The molecule has 0 aromatic heterocycles. The number of carbonyl (C=O) groups excluding carboxylic acids is 3. The van der Waals surface area contributed by atoms with Gasteiger partial charge in [0.1, 0.15) is 18.4 Å². The maximum Gasteiger partial charge on any atom is 0.417 e. The van der Waals surface area contributed by atoms with E-state index in [1.165, 1.54) is 19.3 Å². The molecule has 9 nitrogen and oxygen atoms in total. The number of aliphatic hydroxyl groups is 1. The number of nitrogens with zero attached hydrogens (tertiary/aromatic N) is 1. The van der Waals surface area contributed by atoms with Gasteiger partial charge in [-0.1, -0.05) is 30.3 Å². The minimum Gasteiger partial charge on any atom is -0.479 e. The molecule has 2 amide bonds. The molecule has 2 heterocycles. The number of methoxy groups -OCH3 is 1. The summed E-state index contributed by atoms with van der Waals surface area (Å²) in [5.74, 6) is -0.772. The third-order valence-corrected chi connectivity index (χ3v) is 4.87. The average molecular weight is 431 g/mol. The highest BCUT2D eigenvalue weighted by Gasteiger charge is 2.46. The van der Waals surface area contributed by atoms with Crippen LogP contribution in [-0.4, -0.2) is 73.5 Å². The first-order valence-electron chi connectivity index (χ1n) is 9.91. The summed E-state index contributed by atoms with van der Waals surface area (Å²) in [6.45, 7) is 0.550. The molecule has 0 spiro atoms. The van der Waals surface area contributed by atoms with Crippen LogP contribution in [0.2, 0.25) is 0 Å². The Bertz CT molecular complexity index is 850. The van der Waals surface area contributed by atoms with Crippen LogP contribution in [0.1, 0.15) is 18.0 Å². The van der Waals surface area contributed by atoms with E-state index >= 15 is 0 Å². The summed E-state index contributed by atoms with van der Waals surface area (Å²) in [6.07, 6.45) is 1.64. The van der Waals surface area contributed by atoms with Crippen molar-refractivity contribution in [3.05, 3.63) is 59.9 Å². The van der Waals surface area contributed by atoms with E-state index in [2.05, 4.69) is 0 Å². The molecule has 0 saturated carbocycles. The van der Waals surface area contributed by atoms with Crippen molar-refractivity contribution in [2.24, 2.45) is 0 Å². The normalized spacial score (nSPS) is 23.0. The van der Waals surface area contributed by atoms with Crippen LogP contribution in [0.4, 0.5) is 4.79 Å². The van der Waals surface area contributed by atoms with Crippen LogP contribution in [0.5, 0.6) is 0 Å². The van der Waals surface area contributed by atoms with Crippen molar-refractivity contribution in [2.45, 2.75) is 24.7 Å². The van der Waals surface area contributed by atoms with Crippen LogP contribution in [0.3, 0.4) is 0 Å². The number of allylic oxidation sites excluding steroid dienone is 1. The summed E-state index contributed by atoms with van der Waals surface area (Å²) in [6, 6.07) is 8.39. The summed E-state index contributed by atoms with van der Waals surface area (Å²) in [7, 11) is 1.28. The zero-order valence-corrected chi connectivity index (χ0v) is 17.1. The predicted molar refractivity (Wildman–Crippen MR) is 108 cm³/mol. The Balaban J connectivity index is 1.74. The third kappa shape index (κ3) is 5.38. The van der Waals surface area contributed by atoms with Gasteiger partial charge in [-0.25, -0.2) is 9.69 Å². The smallest absolute Gasteiger partial charge is 0.417 e. The summed E-state index contributed by atoms with van der Waals surface area (Å²) >= 11 is 0. The van der Waals surface area contributed by atoms with Gasteiger partial charge < -0.3 is 24.1 Å². The second-order valence-corrected chi connectivity index (χ2v) is 6.87. The lowest BCUT2D eigenvalue weighted by Crippen LogP contribution is -2.51. The van der Waals surface area contributed by atoms with E-state index in [9.17, 15) is 14.4 Å². The van der Waals surface area contributed by atoms with Gasteiger partial charge in [-0.2, -0.15) is 0 Å². The van der Waals surface area contributed by atoms with Crippen molar-refractivity contribution in [1.82, 2.24) is 4.90 Å². The quantitative estimate of drug-likeness (QED) is 0.586. The number of hydrogen-bond donors (Lipinski definition) is 1. The summed E-state index contributed by atoms with van der Waals surface area (Å²) in [5.41, 5.74) is 0.732. The van der Waals surface area contributed by atoms with Crippen LogP contribution in [0.15, 0.2) is 54.3 Å². The van der Waals surface area contributed by atoms with Gasteiger partial charge in [0.15, 0.2) is 18.0 Å². The fourth-order valence-corrected chi connectivity index (χ4v) is 3.36. The molecule has 0 unspecified atom stereocenters. The fraction of sp³-hybridized carbons (Fsp3) is 0.409. The molecule has 1 aromatic rings. The Kier molecular flexibility index (Phi) is 7.94. The highest BCUT2D eigenvalue weighted by molar-refractivity contribution is 6.03. The number of imide groups is 1. The van der Waals surface area contributed by atoms with E-state index in [1.807, 2.05) is 6.07 Å². The van der Waals surface area contributed by atoms with Crippen molar-refractivity contribution in [3.8, 4) is 0 Å². The van der Waals surface area contributed by atoms with Crippen LogP contribution >= 0.6 is 0 Å². The molecule has 3 atom stereocenters. The molecule has 1 fully saturated rings. The van der Waals surface area contributed by atoms with Crippen LogP contribution in [-0.2, 0) is 28.5 Å². The van der Waals surface area contributed by atoms with Crippen LogP contribution < -0.4 is 0 Å². The predicted octanol–water partition coefficient (Wildman–Crippen LogP) is 1.53. The first-order chi connectivity index (χ1) is 15.1. The number of hydrogen-bond acceptors (Lipinski definition) is 8. The number of rotatable bonds is 9. The molecule has 1 saturated heterocycles. The van der Waals surface area contributed by atoms with Gasteiger partial charge in [-0.15, -0.1) is 0 Å². The second-order valence-electron chi connectivity index (χ2n) is 6.87. The highest BCUT2D eigenvalue weighted by atomic mass is 16.6. The molecule has 3 rings (SSSR count). The van der Waals surface area contributed by atoms with Crippen LogP contribution in [0, 0.1) is 0 Å². The standard InChI is InChI=1S/C22H25NO8/c1-28-20(19-18(25)10-9-16(31-19)8-5-12-29-13-11-24)21(26)23-17(14-30-22(23)27)15-6-3-2-4-7-15/h2-4,6-10,17,19-20,24H,5,11-14H2,1H3/t17-,19+,20+/m1/s1. The first-order valence-corrected chi connectivity index (χ1v) is 9.91. The number of ether oxygens (including phenoxy) is 4. The van der Waals surface area contributed by atoms with Crippen molar-refractivity contribution in [3.63, 3.8) is 0 Å². The lowest BCUT2D eigenvalue weighted by molar-refractivity contribution is -0.153. The number of aliphatic hydroxyl groups excluding tert-OH is 1. The Hall–Kier alpha value is -3.01. The second kappa shape index (κ2) is 10.9. The first kappa shape index (κ1) is 22.7. The molecule has 1 N–H and O–H groups in total. The van der Waals surface area contributed by atoms with Gasteiger partial charge in [0, 0.05) is 7.11 Å². The topological polar surface area (TPSA) is 112 Å². The van der Waals surface area contributed by atoms with E-state index < -0.39 is 36.0 Å². The zero-order valence-electron chi connectivity index (χ0n) is 17.1. The lowest BCUT2D eigenvalue weighted by atomic mass is 10.0. The molecule has 0 aliphatic carbocycles. The molecule has 166 valence electrons. The van der Waals surface area contributed by atoms with Crippen molar-refractivity contribution in [2.75, 3.05) is 33.5 Å². The van der Waals surface area contributed by atoms with Crippen molar-refractivity contribution in [1.29, 1.82) is 0 Å². The van der Waals surface area contributed by atoms with Gasteiger partial charge in [-0.3, -0.25) is 9.59 Å². The minimum atomic E-state index is -1.33. The van der Waals surface area contributed by atoms with E-state index in [0.29, 0.717) is 18.8 Å². The molecule has 31 heavy (non-hydrogen) atoms. The monoisotopic (exact) mass is 431 g/mol. The number of ketones is 1. The van der Waals surface area contributed by atoms with E-state index in [-0.39, 0.29) is 19.8 Å².